The maximum atomic E-state index is 13.4. The molecule has 0 spiro atoms. The normalized spacial score (nSPS) is 17.0. The first-order valence-corrected chi connectivity index (χ1v) is 7.09. The minimum atomic E-state index is -5.76. The van der Waals surface area contributed by atoms with E-state index in [1.54, 1.807) is 0 Å². The molecule has 0 saturated carbocycles. The lowest BCUT2D eigenvalue weighted by atomic mass is 10.1. The number of hydrogen-bond acceptors (Lipinski definition) is 3. The van der Waals surface area contributed by atoms with Crippen molar-refractivity contribution in [1.82, 2.24) is 9.88 Å². The molecule has 0 N–H and O–H groups in total. The van der Waals surface area contributed by atoms with Gasteiger partial charge in [0.15, 0.2) is 5.82 Å². The molecule has 1 fully saturated rings. The third kappa shape index (κ3) is 4.30. The number of nitrogens with zero attached hydrogens (tertiary/aromatic N) is 2. The molecule has 1 aromatic rings. The average molecular weight is 356 g/mol. The Morgan fingerprint density at radius 3 is 2.42 bits per heavy atom. The van der Waals surface area contributed by atoms with Gasteiger partial charge < -0.3 is 9.64 Å². The highest BCUT2D eigenvalue weighted by Gasteiger charge is 2.58. The first kappa shape index (κ1) is 18.3. The summed E-state index contributed by atoms with van der Waals surface area (Å²) < 4.78 is 80.9. The summed E-state index contributed by atoms with van der Waals surface area (Å²) in [4.78, 5) is 16.2. The lowest BCUT2D eigenvalue weighted by molar-refractivity contribution is -0.282. The van der Waals surface area contributed by atoms with Crippen LogP contribution in [0.4, 0.5) is 26.3 Å². The third-order valence-corrected chi connectivity index (χ3v) is 3.59. The smallest absolute Gasteiger partial charge is 0.453 e. The van der Waals surface area contributed by atoms with Crippen LogP contribution in [0.3, 0.4) is 0 Å². The number of likely N-dealkylation sites (tertiary alicyclic amines) is 1. The molecule has 2 rings (SSSR count). The molecule has 134 valence electrons. The van der Waals surface area contributed by atoms with Gasteiger partial charge in [-0.05, 0) is 12.1 Å². The van der Waals surface area contributed by atoms with Crippen molar-refractivity contribution in [1.29, 1.82) is 0 Å². The fourth-order valence-electron chi connectivity index (χ4n) is 2.24. The molecule has 24 heavy (non-hydrogen) atoms. The summed E-state index contributed by atoms with van der Waals surface area (Å²) in [5.74, 6) is -7.22. The van der Waals surface area contributed by atoms with Gasteiger partial charge in [-0.15, -0.1) is 0 Å². The van der Waals surface area contributed by atoms with Gasteiger partial charge in [-0.3, -0.25) is 4.79 Å². The lowest BCUT2D eigenvalue weighted by Crippen LogP contribution is -2.46. The number of piperidine rings is 1. The van der Waals surface area contributed by atoms with Crippen LogP contribution in [0.1, 0.15) is 19.3 Å². The molecular weight excluding hydrogens is 342 g/mol. The third-order valence-electron chi connectivity index (χ3n) is 3.59. The second-order valence-corrected chi connectivity index (χ2v) is 5.37. The van der Waals surface area contributed by atoms with Crippen molar-refractivity contribution in [3.8, 4) is 5.88 Å². The number of ether oxygens (including phenoxy) is 1. The standard InChI is InChI=1S/C14H14F6N2O2/c15-10-2-1-5-21-12(10)24-9-3-6-22(7-4-9)11(23)8-13(16,17)14(18,19)20/h1-2,5,9H,3-4,6-8H2. The van der Waals surface area contributed by atoms with E-state index in [9.17, 15) is 31.1 Å². The summed E-state index contributed by atoms with van der Waals surface area (Å²) in [6.45, 7) is -0.0994. The Bertz CT molecular complexity index is 585. The molecule has 0 radical (unpaired) electrons. The molecule has 4 nitrogen and oxygen atoms in total. The Labute approximate surface area is 133 Å². The molecule has 0 bridgehead atoms. The summed E-state index contributed by atoms with van der Waals surface area (Å²) in [5, 5.41) is 0. The molecule has 1 aliphatic rings. The molecule has 1 saturated heterocycles. The molecule has 0 atom stereocenters. The summed E-state index contributed by atoms with van der Waals surface area (Å²) in [7, 11) is 0. The number of carbonyl (C=O) groups excluding carboxylic acids is 1. The van der Waals surface area contributed by atoms with Crippen molar-refractivity contribution < 1.29 is 35.9 Å². The molecule has 0 unspecified atom stereocenters. The van der Waals surface area contributed by atoms with Crippen LogP contribution in [-0.2, 0) is 4.79 Å². The minimum Gasteiger partial charge on any atom is -0.472 e. The second kappa shape index (κ2) is 6.86. The lowest BCUT2D eigenvalue weighted by Gasteiger charge is -2.33. The van der Waals surface area contributed by atoms with Crippen molar-refractivity contribution in [3.63, 3.8) is 0 Å². The van der Waals surface area contributed by atoms with Crippen molar-refractivity contribution >= 4 is 5.91 Å². The number of carbonyl (C=O) groups is 1. The van der Waals surface area contributed by atoms with Crippen LogP contribution >= 0.6 is 0 Å². The quantitative estimate of drug-likeness (QED) is 0.779. The second-order valence-electron chi connectivity index (χ2n) is 5.37. The predicted molar refractivity (Wildman–Crippen MR) is 70.0 cm³/mol. The monoisotopic (exact) mass is 356 g/mol. The molecular formula is C14H14F6N2O2. The van der Waals surface area contributed by atoms with Crippen LogP contribution in [0.2, 0.25) is 0 Å². The van der Waals surface area contributed by atoms with E-state index in [4.69, 9.17) is 4.74 Å². The van der Waals surface area contributed by atoms with Crippen molar-refractivity contribution in [2.24, 2.45) is 0 Å². The van der Waals surface area contributed by atoms with E-state index >= 15 is 0 Å². The van der Waals surface area contributed by atoms with E-state index in [-0.39, 0.29) is 31.8 Å². The number of amides is 1. The maximum absolute atomic E-state index is 13.4. The summed E-state index contributed by atoms with van der Waals surface area (Å²) >= 11 is 0. The fourth-order valence-corrected chi connectivity index (χ4v) is 2.24. The zero-order valence-corrected chi connectivity index (χ0v) is 12.3. The highest BCUT2D eigenvalue weighted by Crippen LogP contribution is 2.38. The molecule has 1 amide bonds. The first-order valence-electron chi connectivity index (χ1n) is 7.09. The average Bonchev–Trinajstić information content (AvgIpc) is 2.48. The summed E-state index contributed by atoms with van der Waals surface area (Å²) in [5.41, 5.74) is 0. The van der Waals surface area contributed by atoms with Crippen molar-refractivity contribution in [2.75, 3.05) is 13.1 Å². The van der Waals surface area contributed by atoms with E-state index in [0.717, 1.165) is 11.0 Å². The SMILES string of the molecule is O=C(CC(F)(F)C(F)(F)F)N1CCC(Oc2ncccc2F)CC1. The Hall–Kier alpha value is -2.00. The van der Waals surface area contributed by atoms with Gasteiger partial charge in [-0.25, -0.2) is 9.37 Å². The topological polar surface area (TPSA) is 42.4 Å². The molecule has 0 aliphatic carbocycles. The minimum absolute atomic E-state index is 0.0497. The zero-order chi connectivity index (χ0) is 18.0. The number of pyridine rings is 1. The van der Waals surface area contributed by atoms with E-state index < -0.39 is 36.3 Å². The number of alkyl halides is 5. The fraction of sp³-hybridized carbons (Fsp3) is 0.571. The molecule has 2 heterocycles. The number of rotatable bonds is 4. The van der Waals surface area contributed by atoms with Gasteiger partial charge in [-0.2, -0.15) is 22.0 Å². The van der Waals surface area contributed by atoms with Crippen LogP contribution < -0.4 is 4.74 Å². The number of hydrogen-bond donors (Lipinski definition) is 0. The van der Waals surface area contributed by atoms with Crippen LogP contribution in [0.15, 0.2) is 18.3 Å². The summed E-state index contributed by atoms with van der Waals surface area (Å²) in [6.07, 6.45) is -6.49. The van der Waals surface area contributed by atoms with Crippen molar-refractivity contribution in [3.05, 3.63) is 24.1 Å². The number of aromatic nitrogens is 1. The van der Waals surface area contributed by atoms with Crippen LogP contribution in [0, 0.1) is 5.82 Å². The predicted octanol–water partition coefficient (Wildman–Crippen LogP) is 3.18. The maximum Gasteiger partial charge on any atom is 0.453 e. The largest absolute Gasteiger partial charge is 0.472 e. The number of halogens is 6. The molecule has 1 aromatic heterocycles. The van der Waals surface area contributed by atoms with Gasteiger partial charge in [0, 0.05) is 32.1 Å². The van der Waals surface area contributed by atoms with Gasteiger partial charge >= 0.3 is 12.1 Å². The highest BCUT2D eigenvalue weighted by molar-refractivity contribution is 5.77. The van der Waals surface area contributed by atoms with Gasteiger partial charge in [0.25, 0.3) is 5.88 Å². The Balaban J connectivity index is 1.86. The van der Waals surface area contributed by atoms with Crippen molar-refractivity contribution in [2.45, 2.75) is 37.5 Å². The molecule has 1 aliphatic heterocycles. The van der Waals surface area contributed by atoms with E-state index in [0.29, 0.717) is 0 Å². The van der Waals surface area contributed by atoms with Crippen LogP contribution in [0.25, 0.3) is 0 Å². The summed E-state index contributed by atoms with van der Waals surface area (Å²) in [6, 6.07) is 2.53. The Morgan fingerprint density at radius 2 is 1.88 bits per heavy atom. The van der Waals surface area contributed by atoms with E-state index in [1.165, 1.54) is 12.3 Å². The van der Waals surface area contributed by atoms with Gasteiger partial charge in [0.2, 0.25) is 5.91 Å². The van der Waals surface area contributed by atoms with Gasteiger partial charge in [-0.1, -0.05) is 0 Å². The van der Waals surface area contributed by atoms with Crippen LogP contribution in [0.5, 0.6) is 5.88 Å². The Kier molecular flexibility index (Phi) is 5.24. The van der Waals surface area contributed by atoms with Gasteiger partial charge in [0.1, 0.15) is 12.5 Å². The van der Waals surface area contributed by atoms with Crippen LogP contribution in [-0.4, -0.2) is 47.1 Å². The highest BCUT2D eigenvalue weighted by atomic mass is 19.4. The van der Waals surface area contributed by atoms with Gasteiger partial charge in [0.05, 0.1) is 0 Å². The molecule has 0 aromatic carbocycles. The van der Waals surface area contributed by atoms with E-state index in [1.807, 2.05) is 0 Å². The Morgan fingerprint density at radius 1 is 1.25 bits per heavy atom. The van der Waals surface area contributed by atoms with E-state index in [2.05, 4.69) is 4.98 Å². The first-order chi connectivity index (χ1) is 11.1. The zero-order valence-electron chi connectivity index (χ0n) is 12.3. The molecule has 10 heteroatoms.